The molecule has 146 valence electrons. The minimum absolute atomic E-state index is 0.0671. The Morgan fingerprint density at radius 2 is 1.81 bits per heavy atom. The third-order valence-electron chi connectivity index (χ3n) is 5.11. The zero-order chi connectivity index (χ0) is 19.4. The Labute approximate surface area is 163 Å². The molecule has 0 radical (unpaired) electrons. The number of rotatable bonds is 7. The lowest BCUT2D eigenvalue weighted by atomic mass is 10.0. The molecule has 0 aliphatic carbocycles. The Kier molecular flexibility index (Phi) is 6.35. The van der Waals surface area contributed by atoms with E-state index in [-0.39, 0.29) is 6.04 Å². The van der Waals surface area contributed by atoms with Gasteiger partial charge >= 0.3 is 0 Å². The molecule has 3 rings (SSSR count). The normalized spacial score (nSPS) is 18.3. The highest BCUT2D eigenvalue weighted by atomic mass is 32.2. The van der Waals surface area contributed by atoms with E-state index in [0.717, 1.165) is 37.1 Å². The van der Waals surface area contributed by atoms with Gasteiger partial charge in [-0.2, -0.15) is 4.31 Å². The molecular weight excluding hydrogens is 356 g/mol. The zero-order valence-corrected chi connectivity index (χ0v) is 17.3. The van der Waals surface area contributed by atoms with Crippen LogP contribution in [0.1, 0.15) is 39.2 Å². The van der Waals surface area contributed by atoms with Gasteiger partial charge in [-0.05, 0) is 49.4 Å². The van der Waals surface area contributed by atoms with Gasteiger partial charge in [0.25, 0.3) is 0 Å². The van der Waals surface area contributed by atoms with Crippen LogP contribution >= 0.6 is 0 Å². The Hall–Kier alpha value is -1.69. The van der Waals surface area contributed by atoms with E-state index in [1.54, 1.807) is 16.4 Å². The molecule has 0 aromatic heterocycles. The van der Waals surface area contributed by atoms with E-state index in [4.69, 9.17) is 0 Å². The fourth-order valence-electron chi connectivity index (χ4n) is 3.63. The Bertz CT molecular complexity index is 860. The van der Waals surface area contributed by atoms with Crippen molar-refractivity contribution in [1.82, 2.24) is 9.62 Å². The number of nitrogens with one attached hydrogen (secondary N) is 1. The summed E-state index contributed by atoms with van der Waals surface area (Å²) in [6, 6.07) is 15.6. The maximum Gasteiger partial charge on any atom is 0.243 e. The molecule has 5 heteroatoms. The van der Waals surface area contributed by atoms with Gasteiger partial charge in [0.2, 0.25) is 10.0 Å². The number of nitrogens with zero attached hydrogens (tertiary/aromatic N) is 1. The van der Waals surface area contributed by atoms with Crippen LogP contribution in [0.4, 0.5) is 0 Å². The molecule has 4 nitrogen and oxygen atoms in total. The van der Waals surface area contributed by atoms with Crippen LogP contribution in [0.3, 0.4) is 0 Å². The standard InChI is InChI=1S/C22H30N2O2S/c1-17(2)15-23-16-19-10-12-20(13-11-19)21-8-4-5-9-22(21)27(25,26)24-14-6-7-18(24)3/h4-5,8-13,17-18,23H,6-7,14-16H2,1-3H3/t18-/m0/s1. The first-order valence-corrected chi connectivity index (χ1v) is 11.2. The molecule has 27 heavy (non-hydrogen) atoms. The van der Waals surface area contributed by atoms with Crippen molar-refractivity contribution < 1.29 is 8.42 Å². The van der Waals surface area contributed by atoms with E-state index >= 15 is 0 Å². The summed E-state index contributed by atoms with van der Waals surface area (Å²) < 4.78 is 28.1. The van der Waals surface area contributed by atoms with Gasteiger partial charge in [-0.1, -0.05) is 56.3 Å². The zero-order valence-electron chi connectivity index (χ0n) is 16.5. The Morgan fingerprint density at radius 1 is 1.11 bits per heavy atom. The summed E-state index contributed by atoms with van der Waals surface area (Å²) in [6.45, 7) is 8.79. The first kappa shape index (κ1) is 20.1. The van der Waals surface area contributed by atoms with E-state index in [0.29, 0.717) is 17.4 Å². The minimum Gasteiger partial charge on any atom is -0.312 e. The molecule has 1 aliphatic heterocycles. The monoisotopic (exact) mass is 386 g/mol. The molecule has 0 saturated carbocycles. The minimum atomic E-state index is -3.48. The first-order chi connectivity index (χ1) is 12.9. The number of benzene rings is 2. The van der Waals surface area contributed by atoms with Crippen molar-refractivity contribution in [3.05, 3.63) is 54.1 Å². The lowest BCUT2D eigenvalue weighted by Gasteiger charge is -2.22. The molecule has 1 atom stereocenters. The van der Waals surface area contributed by atoms with Gasteiger partial charge < -0.3 is 5.32 Å². The molecule has 2 aromatic carbocycles. The van der Waals surface area contributed by atoms with Gasteiger partial charge in [0.1, 0.15) is 0 Å². The van der Waals surface area contributed by atoms with Crippen molar-refractivity contribution in [3.63, 3.8) is 0 Å². The van der Waals surface area contributed by atoms with Crippen LogP contribution in [-0.4, -0.2) is 31.9 Å². The van der Waals surface area contributed by atoms with Gasteiger partial charge in [0, 0.05) is 24.7 Å². The summed E-state index contributed by atoms with van der Waals surface area (Å²) in [5, 5.41) is 3.44. The van der Waals surface area contributed by atoms with Crippen LogP contribution in [0.5, 0.6) is 0 Å². The van der Waals surface area contributed by atoms with Crippen molar-refractivity contribution >= 4 is 10.0 Å². The van der Waals surface area contributed by atoms with E-state index in [1.807, 2.05) is 31.2 Å². The van der Waals surface area contributed by atoms with Crippen molar-refractivity contribution in [2.24, 2.45) is 5.92 Å². The largest absolute Gasteiger partial charge is 0.312 e. The van der Waals surface area contributed by atoms with E-state index in [9.17, 15) is 8.42 Å². The number of hydrogen-bond acceptors (Lipinski definition) is 3. The van der Waals surface area contributed by atoms with E-state index < -0.39 is 10.0 Å². The summed E-state index contributed by atoms with van der Waals surface area (Å²) in [4.78, 5) is 0.407. The SMILES string of the molecule is CC(C)CNCc1ccc(-c2ccccc2S(=O)(=O)N2CCC[C@@H]2C)cc1. The molecular formula is C22H30N2O2S. The smallest absolute Gasteiger partial charge is 0.243 e. The van der Waals surface area contributed by atoms with Crippen LogP contribution in [-0.2, 0) is 16.6 Å². The summed E-state index contributed by atoms with van der Waals surface area (Å²) in [5.41, 5.74) is 2.92. The summed E-state index contributed by atoms with van der Waals surface area (Å²) in [7, 11) is -3.48. The Balaban J connectivity index is 1.86. The second-order valence-electron chi connectivity index (χ2n) is 7.82. The summed E-state index contributed by atoms with van der Waals surface area (Å²) in [6.07, 6.45) is 1.86. The highest BCUT2D eigenvalue weighted by molar-refractivity contribution is 7.89. The van der Waals surface area contributed by atoms with Crippen molar-refractivity contribution in [2.75, 3.05) is 13.1 Å². The Morgan fingerprint density at radius 3 is 2.44 bits per heavy atom. The fourth-order valence-corrected chi connectivity index (χ4v) is 5.54. The highest BCUT2D eigenvalue weighted by Crippen LogP contribution is 2.32. The van der Waals surface area contributed by atoms with Crippen LogP contribution in [0.2, 0.25) is 0 Å². The van der Waals surface area contributed by atoms with Gasteiger partial charge in [0.05, 0.1) is 4.90 Å². The molecule has 1 saturated heterocycles. The number of hydrogen-bond donors (Lipinski definition) is 1. The van der Waals surface area contributed by atoms with Crippen LogP contribution in [0, 0.1) is 5.92 Å². The van der Waals surface area contributed by atoms with E-state index in [2.05, 4.69) is 31.3 Å². The van der Waals surface area contributed by atoms with Gasteiger partial charge in [-0.15, -0.1) is 0 Å². The second kappa shape index (κ2) is 8.55. The van der Waals surface area contributed by atoms with Crippen molar-refractivity contribution in [1.29, 1.82) is 0 Å². The fraction of sp³-hybridized carbons (Fsp3) is 0.455. The van der Waals surface area contributed by atoms with Gasteiger partial charge in [-0.3, -0.25) is 0 Å². The topological polar surface area (TPSA) is 49.4 Å². The lowest BCUT2D eigenvalue weighted by Crippen LogP contribution is -2.33. The average Bonchev–Trinajstić information content (AvgIpc) is 3.09. The highest BCUT2D eigenvalue weighted by Gasteiger charge is 2.33. The molecule has 0 spiro atoms. The molecule has 1 N–H and O–H groups in total. The van der Waals surface area contributed by atoms with E-state index in [1.165, 1.54) is 5.56 Å². The van der Waals surface area contributed by atoms with Crippen LogP contribution in [0.25, 0.3) is 11.1 Å². The predicted molar refractivity (Wildman–Crippen MR) is 111 cm³/mol. The summed E-state index contributed by atoms with van der Waals surface area (Å²) in [5.74, 6) is 0.620. The number of sulfonamides is 1. The molecule has 1 fully saturated rings. The van der Waals surface area contributed by atoms with Crippen molar-refractivity contribution in [2.45, 2.75) is 51.1 Å². The van der Waals surface area contributed by atoms with Gasteiger partial charge in [0.15, 0.2) is 0 Å². The predicted octanol–water partition coefficient (Wildman–Crippen LogP) is 4.27. The third kappa shape index (κ3) is 4.60. The second-order valence-corrected chi connectivity index (χ2v) is 9.68. The first-order valence-electron chi connectivity index (χ1n) is 9.80. The van der Waals surface area contributed by atoms with Gasteiger partial charge in [-0.25, -0.2) is 8.42 Å². The molecule has 0 bridgehead atoms. The third-order valence-corrected chi connectivity index (χ3v) is 7.18. The molecule has 2 aromatic rings. The summed E-state index contributed by atoms with van der Waals surface area (Å²) >= 11 is 0. The molecule has 0 unspecified atom stereocenters. The molecule has 1 heterocycles. The lowest BCUT2D eigenvalue weighted by molar-refractivity contribution is 0.408. The van der Waals surface area contributed by atoms with Crippen molar-refractivity contribution in [3.8, 4) is 11.1 Å². The maximum absolute atomic E-state index is 13.2. The average molecular weight is 387 g/mol. The quantitative estimate of drug-likeness (QED) is 0.773. The van der Waals surface area contributed by atoms with Crippen LogP contribution < -0.4 is 5.32 Å². The maximum atomic E-state index is 13.2. The molecule has 0 amide bonds. The molecule has 1 aliphatic rings. The van der Waals surface area contributed by atoms with Crippen LogP contribution in [0.15, 0.2) is 53.4 Å².